The molecule has 0 spiro atoms. The highest BCUT2D eigenvalue weighted by Crippen LogP contribution is 2.05. The van der Waals surface area contributed by atoms with E-state index in [1.54, 1.807) is 6.08 Å². The monoisotopic (exact) mass is 236 g/mol. The van der Waals surface area contributed by atoms with Crippen LogP contribution in [0.5, 0.6) is 0 Å². The molecule has 15 heavy (non-hydrogen) atoms. The molecule has 0 radical (unpaired) electrons. The normalized spacial score (nSPS) is 12.6. The van der Waals surface area contributed by atoms with Crippen molar-refractivity contribution >= 4 is 16.4 Å². The molecule has 0 aromatic carbocycles. The first kappa shape index (κ1) is 14.1. The Balaban J connectivity index is 4.08. The number of hydrogen-bond acceptors (Lipinski definition) is 4. The van der Waals surface area contributed by atoms with Crippen LogP contribution in [0.3, 0.4) is 0 Å². The summed E-state index contributed by atoms with van der Waals surface area (Å²) in [6.45, 7) is 3.50. The van der Waals surface area contributed by atoms with Crippen molar-refractivity contribution in [3.05, 3.63) is 11.6 Å². The second kappa shape index (κ2) is 6.58. The fourth-order valence-electron chi connectivity index (χ4n) is 0.958. The minimum atomic E-state index is -4.69. The lowest BCUT2D eigenvalue weighted by molar-refractivity contribution is -0.130. The number of rotatable bonds is 6. The lowest BCUT2D eigenvalue weighted by Gasteiger charge is -2.00. The molecular formula is C9H16O5S. The minimum Gasteiger partial charge on any atom is -0.321 e. The highest BCUT2D eigenvalue weighted by molar-refractivity contribution is 7.81. The van der Waals surface area contributed by atoms with Crippen LogP contribution in [0.4, 0.5) is 0 Å². The molecule has 0 saturated heterocycles. The number of carbonyl (C=O) groups excluding carboxylic acids is 1. The third-order valence-corrected chi connectivity index (χ3v) is 2.12. The fourth-order valence-corrected chi connectivity index (χ4v) is 1.28. The van der Waals surface area contributed by atoms with Crippen LogP contribution in [0.2, 0.25) is 0 Å². The minimum absolute atomic E-state index is 0.184. The smallest absolute Gasteiger partial charge is 0.321 e. The van der Waals surface area contributed by atoms with Crippen molar-refractivity contribution in [1.82, 2.24) is 0 Å². The van der Waals surface area contributed by atoms with Crippen LogP contribution in [0.15, 0.2) is 11.6 Å². The zero-order chi connectivity index (χ0) is 11.9. The number of allylic oxidation sites excluding steroid dienone is 1. The first-order chi connectivity index (χ1) is 6.87. The molecule has 0 aliphatic carbocycles. The van der Waals surface area contributed by atoms with E-state index in [0.29, 0.717) is 6.42 Å². The van der Waals surface area contributed by atoms with Crippen LogP contribution < -0.4 is 0 Å². The van der Waals surface area contributed by atoms with E-state index in [-0.39, 0.29) is 5.57 Å². The lowest BCUT2D eigenvalue weighted by atomic mass is 10.1. The van der Waals surface area contributed by atoms with Crippen LogP contribution in [0.25, 0.3) is 0 Å². The second-order valence-electron chi connectivity index (χ2n) is 3.18. The van der Waals surface area contributed by atoms with Gasteiger partial charge in [0.2, 0.25) is 0 Å². The highest BCUT2D eigenvalue weighted by Gasteiger charge is 2.14. The molecule has 0 aliphatic heterocycles. The quantitative estimate of drug-likeness (QED) is 0.432. The number of unbranched alkanes of at least 4 members (excludes halogenated alkanes) is 3. The molecule has 0 aliphatic rings. The summed E-state index contributed by atoms with van der Waals surface area (Å²) in [5.74, 6) is -1.03. The van der Waals surface area contributed by atoms with Gasteiger partial charge < -0.3 is 4.18 Å². The standard InChI is InChI=1S/C9H16O5S/c1-3-4-5-6-7-8(2)9(10)14-15(11,12)13/h7H,3-6H2,1-2H3,(H,11,12,13). The van der Waals surface area contributed by atoms with Crippen molar-refractivity contribution in [3.8, 4) is 0 Å². The summed E-state index contributed by atoms with van der Waals surface area (Å²) in [7, 11) is -4.69. The van der Waals surface area contributed by atoms with Gasteiger partial charge in [0.25, 0.3) is 0 Å². The van der Waals surface area contributed by atoms with Crippen molar-refractivity contribution in [2.45, 2.75) is 39.5 Å². The number of hydrogen-bond donors (Lipinski definition) is 1. The van der Waals surface area contributed by atoms with E-state index >= 15 is 0 Å². The van der Waals surface area contributed by atoms with Gasteiger partial charge >= 0.3 is 16.4 Å². The van der Waals surface area contributed by atoms with Gasteiger partial charge in [-0.1, -0.05) is 25.8 Å². The Hall–Kier alpha value is -0.880. The molecular weight excluding hydrogens is 220 g/mol. The summed E-state index contributed by atoms with van der Waals surface area (Å²) in [6, 6.07) is 0. The van der Waals surface area contributed by atoms with Crippen molar-refractivity contribution in [1.29, 1.82) is 0 Å². The third-order valence-electron chi connectivity index (χ3n) is 1.76. The molecule has 1 N–H and O–H groups in total. The Morgan fingerprint density at radius 1 is 1.40 bits per heavy atom. The molecule has 0 aromatic rings. The molecule has 88 valence electrons. The van der Waals surface area contributed by atoms with Gasteiger partial charge in [0.15, 0.2) is 0 Å². The second-order valence-corrected chi connectivity index (χ2v) is 4.20. The molecule has 0 unspecified atom stereocenters. The van der Waals surface area contributed by atoms with Crippen LogP contribution in [0.1, 0.15) is 39.5 Å². The van der Waals surface area contributed by atoms with Gasteiger partial charge in [0.1, 0.15) is 0 Å². The Labute approximate surface area is 90.1 Å². The molecule has 5 nitrogen and oxygen atoms in total. The van der Waals surface area contributed by atoms with Gasteiger partial charge in [0, 0.05) is 5.57 Å². The summed E-state index contributed by atoms with van der Waals surface area (Å²) in [4.78, 5) is 11.0. The Bertz CT molecular complexity index is 328. The summed E-state index contributed by atoms with van der Waals surface area (Å²) in [5, 5.41) is 0. The van der Waals surface area contributed by atoms with E-state index in [1.807, 2.05) is 0 Å². The van der Waals surface area contributed by atoms with Gasteiger partial charge in [-0.25, -0.2) is 4.79 Å². The maximum atomic E-state index is 11.0. The Kier molecular flexibility index (Phi) is 6.19. The maximum Gasteiger partial charge on any atom is 0.449 e. The van der Waals surface area contributed by atoms with Gasteiger partial charge in [-0.15, -0.1) is 0 Å². The van der Waals surface area contributed by atoms with E-state index in [9.17, 15) is 13.2 Å². The highest BCUT2D eigenvalue weighted by atomic mass is 32.3. The van der Waals surface area contributed by atoms with E-state index in [4.69, 9.17) is 4.55 Å². The molecule has 0 saturated carbocycles. The summed E-state index contributed by atoms with van der Waals surface area (Å²) in [5.41, 5.74) is 0.184. The van der Waals surface area contributed by atoms with Crippen LogP contribution >= 0.6 is 0 Å². The Morgan fingerprint density at radius 2 is 2.00 bits per heavy atom. The third kappa shape index (κ3) is 8.14. The SMILES string of the molecule is CCCCCC=C(C)C(=O)OS(=O)(=O)O. The summed E-state index contributed by atoms with van der Waals surface area (Å²) >= 11 is 0. The molecule has 0 bridgehead atoms. The molecule has 0 aromatic heterocycles. The van der Waals surface area contributed by atoms with Gasteiger partial charge in [0.05, 0.1) is 0 Å². The summed E-state index contributed by atoms with van der Waals surface area (Å²) in [6.07, 6.45) is 5.36. The van der Waals surface area contributed by atoms with Crippen molar-refractivity contribution in [2.75, 3.05) is 0 Å². The first-order valence-electron chi connectivity index (χ1n) is 4.74. The van der Waals surface area contributed by atoms with Crippen LogP contribution in [-0.2, 0) is 19.4 Å². The first-order valence-corrected chi connectivity index (χ1v) is 6.11. The average molecular weight is 236 g/mol. The zero-order valence-corrected chi connectivity index (χ0v) is 9.71. The van der Waals surface area contributed by atoms with Crippen LogP contribution in [0, 0.1) is 0 Å². The van der Waals surface area contributed by atoms with Crippen LogP contribution in [-0.4, -0.2) is 18.9 Å². The molecule has 0 heterocycles. The average Bonchev–Trinajstić information content (AvgIpc) is 2.09. The van der Waals surface area contributed by atoms with E-state index in [0.717, 1.165) is 19.3 Å². The maximum absolute atomic E-state index is 11.0. The van der Waals surface area contributed by atoms with Crippen molar-refractivity contribution in [3.63, 3.8) is 0 Å². The molecule has 0 amide bonds. The van der Waals surface area contributed by atoms with Crippen molar-refractivity contribution < 1.29 is 21.9 Å². The largest absolute Gasteiger partial charge is 0.449 e. The molecule has 6 heteroatoms. The fraction of sp³-hybridized carbons (Fsp3) is 0.667. The topological polar surface area (TPSA) is 80.7 Å². The summed E-state index contributed by atoms with van der Waals surface area (Å²) < 4.78 is 32.4. The Morgan fingerprint density at radius 3 is 2.47 bits per heavy atom. The zero-order valence-electron chi connectivity index (χ0n) is 8.89. The van der Waals surface area contributed by atoms with Gasteiger partial charge in [-0.2, -0.15) is 8.42 Å². The molecule has 0 rings (SSSR count). The van der Waals surface area contributed by atoms with E-state index < -0.39 is 16.4 Å². The van der Waals surface area contributed by atoms with Gasteiger partial charge in [-0.05, 0) is 19.8 Å². The molecule has 0 atom stereocenters. The lowest BCUT2D eigenvalue weighted by Crippen LogP contribution is -2.12. The number of carbonyl (C=O) groups is 1. The predicted molar refractivity (Wildman–Crippen MR) is 55.5 cm³/mol. The predicted octanol–water partition coefficient (Wildman–Crippen LogP) is 1.86. The van der Waals surface area contributed by atoms with E-state index in [1.165, 1.54) is 6.92 Å². The van der Waals surface area contributed by atoms with Gasteiger partial charge in [-0.3, -0.25) is 4.55 Å². The van der Waals surface area contributed by atoms with E-state index in [2.05, 4.69) is 11.1 Å². The molecule has 0 fully saturated rings. The van der Waals surface area contributed by atoms with Crippen molar-refractivity contribution in [2.24, 2.45) is 0 Å².